The number of ether oxygens (including phenoxy) is 1. The Balaban J connectivity index is 1.76. The highest BCUT2D eigenvalue weighted by Crippen LogP contribution is 2.38. The van der Waals surface area contributed by atoms with Crippen LogP contribution in [0.2, 0.25) is 0 Å². The lowest BCUT2D eigenvalue weighted by molar-refractivity contribution is 0.0948. The van der Waals surface area contributed by atoms with Crippen LogP contribution < -0.4 is 10.6 Å². The minimum absolute atomic E-state index is 0.0489. The third-order valence-electron chi connectivity index (χ3n) is 4.91. The van der Waals surface area contributed by atoms with Gasteiger partial charge in [0.2, 0.25) is 0 Å². The lowest BCUT2D eigenvalue weighted by atomic mass is 9.95. The van der Waals surface area contributed by atoms with Gasteiger partial charge in [-0.1, -0.05) is 24.3 Å². The molecule has 4 nitrogen and oxygen atoms in total. The zero-order chi connectivity index (χ0) is 18.4. The monoisotopic (exact) mass is 372 g/mol. The number of anilines is 1. The second-order valence-electron chi connectivity index (χ2n) is 6.80. The van der Waals surface area contributed by atoms with E-state index in [1.165, 1.54) is 34.4 Å². The predicted octanol–water partition coefficient (Wildman–Crippen LogP) is 4.31. The van der Waals surface area contributed by atoms with E-state index in [0.29, 0.717) is 13.2 Å². The van der Waals surface area contributed by atoms with Crippen molar-refractivity contribution in [3.8, 4) is 0 Å². The van der Waals surface area contributed by atoms with Crippen LogP contribution >= 0.6 is 11.3 Å². The fourth-order valence-corrected chi connectivity index (χ4v) is 4.70. The van der Waals surface area contributed by atoms with Crippen molar-refractivity contribution in [2.45, 2.75) is 45.6 Å². The molecule has 2 aromatic rings. The Bertz CT molecular complexity index is 754. The summed E-state index contributed by atoms with van der Waals surface area (Å²) >= 11 is 1.76. The van der Waals surface area contributed by atoms with E-state index < -0.39 is 0 Å². The number of carbonyl (C=O) groups excluding carboxylic acids is 1. The number of fused-ring (bicyclic) bond motifs is 1. The van der Waals surface area contributed by atoms with E-state index in [1.807, 2.05) is 0 Å². The summed E-state index contributed by atoms with van der Waals surface area (Å²) in [5.41, 5.74) is 4.67. The van der Waals surface area contributed by atoms with Gasteiger partial charge in [-0.15, -0.1) is 11.3 Å². The van der Waals surface area contributed by atoms with Gasteiger partial charge >= 0.3 is 0 Å². The zero-order valence-corrected chi connectivity index (χ0v) is 16.5. The van der Waals surface area contributed by atoms with Crippen molar-refractivity contribution in [2.75, 3.05) is 25.6 Å². The summed E-state index contributed by atoms with van der Waals surface area (Å²) in [6, 6.07) is 8.38. The minimum Gasteiger partial charge on any atom is -0.385 e. The van der Waals surface area contributed by atoms with Gasteiger partial charge in [0.1, 0.15) is 5.00 Å². The molecule has 0 fully saturated rings. The van der Waals surface area contributed by atoms with Crippen molar-refractivity contribution in [1.29, 1.82) is 0 Å². The Morgan fingerprint density at radius 2 is 2.04 bits per heavy atom. The molecule has 0 radical (unpaired) electrons. The van der Waals surface area contributed by atoms with Gasteiger partial charge in [0.25, 0.3) is 5.91 Å². The highest BCUT2D eigenvalue weighted by Gasteiger charge is 2.25. The summed E-state index contributed by atoms with van der Waals surface area (Å²) in [7, 11) is 1.69. The van der Waals surface area contributed by atoms with Crippen LogP contribution in [0.5, 0.6) is 0 Å². The van der Waals surface area contributed by atoms with Crippen LogP contribution in [-0.2, 0) is 24.1 Å². The normalized spacial score (nSPS) is 13.3. The Kier molecular flexibility index (Phi) is 6.69. The number of aryl methyl sites for hydroxylation is 2. The lowest BCUT2D eigenvalue weighted by Gasteiger charge is -2.14. The third kappa shape index (κ3) is 4.46. The minimum atomic E-state index is 0.0489. The standard InChI is InChI=1S/C21H28N2O2S/c1-15-8-3-4-9-16(15)14-23-21-19(20(24)22-12-7-13-25-2)17-10-5-6-11-18(17)26-21/h3-4,8-9,23H,5-7,10-14H2,1-2H3,(H,22,24). The Labute approximate surface area is 160 Å². The summed E-state index contributed by atoms with van der Waals surface area (Å²) in [4.78, 5) is 14.2. The van der Waals surface area contributed by atoms with Crippen molar-refractivity contribution < 1.29 is 9.53 Å². The van der Waals surface area contributed by atoms with Crippen LogP contribution in [0.25, 0.3) is 0 Å². The molecule has 140 valence electrons. The van der Waals surface area contributed by atoms with E-state index in [9.17, 15) is 4.79 Å². The number of methoxy groups -OCH3 is 1. The van der Waals surface area contributed by atoms with Crippen LogP contribution in [0.1, 0.15) is 51.2 Å². The molecule has 1 heterocycles. The van der Waals surface area contributed by atoms with Crippen LogP contribution in [0.3, 0.4) is 0 Å². The number of hydrogen-bond donors (Lipinski definition) is 2. The number of thiophene rings is 1. The number of benzene rings is 1. The highest BCUT2D eigenvalue weighted by molar-refractivity contribution is 7.16. The van der Waals surface area contributed by atoms with Gasteiger partial charge in [0.15, 0.2) is 0 Å². The number of carbonyl (C=O) groups is 1. The smallest absolute Gasteiger partial charge is 0.254 e. The van der Waals surface area contributed by atoms with Gasteiger partial charge in [-0.25, -0.2) is 0 Å². The molecular formula is C21H28N2O2S. The van der Waals surface area contributed by atoms with Gasteiger partial charge in [0, 0.05) is 31.7 Å². The van der Waals surface area contributed by atoms with E-state index in [4.69, 9.17) is 4.74 Å². The molecule has 1 aliphatic rings. The summed E-state index contributed by atoms with van der Waals surface area (Å²) < 4.78 is 5.07. The molecule has 3 rings (SSSR count). The van der Waals surface area contributed by atoms with Crippen molar-refractivity contribution >= 4 is 22.2 Å². The van der Waals surface area contributed by atoms with Crippen molar-refractivity contribution in [3.05, 3.63) is 51.4 Å². The van der Waals surface area contributed by atoms with E-state index in [-0.39, 0.29) is 5.91 Å². The molecule has 26 heavy (non-hydrogen) atoms. The highest BCUT2D eigenvalue weighted by atomic mass is 32.1. The Morgan fingerprint density at radius 1 is 1.23 bits per heavy atom. The predicted molar refractivity (Wildman–Crippen MR) is 108 cm³/mol. The molecule has 0 atom stereocenters. The van der Waals surface area contributed by atoms with Crippen molar-refractivity contribution in [2.24, 2.45) is 0 Å². The summed E-state index contributed by atoms with van der Waals surface area (Å²) in [6.45, 7) is 4.19. The van der Waals surface area contributed by atoms with Crippen molar-refractivity contribution in [1.82, 2.24) is 5.32 Å². The first-order chi connectivity index (χ1) is 12.7. The van der Waals surface area contributed by atoms with Crippen LogP contribution in [-0.4, -0.2) is 26.2 Å². The fourth-order valence-electron chi connectivity index (χ4n) is 3.42. The molecule has 1 amide bonds. The van der Waals surface area contributed by atoms with Crippen LogP contribution in [0, 0.1) is 6.92 Å². The number of nitrogens with one attached hydrogen (secondary N) is 2. The van der Waals surface area contributed by atoms with E-state index in [2.05, 4.69) is 41.8 Å². The topological polar surface area (TPSA) is 50.4 Å². The van der Waals surface area contributed by atoms with E-state index in [0.717, 1.165) is 36.4 Å². The molecule has 0 unspecified atom stereocenters. The van der Waals surface area contributed by atoms with Crippen LogP contribution in [0.15, 0.2) is 24.3 Å². The largest absolute Gasteiger partial charge is 0.385 e. The number of hydrogen-bond acceptors (Lipinski definition) is 4. The molecule has 0 spiro atoms. The van der Waals surface area contributed by atoms with Gasteiger partial charge in [0.05, 0.1) is 5.56 Å². The maximum Gasteiger partial charge on any atom is 0.254 e. The van der Waals surface area contributed by atoms with Crippen molar-refractivity contribution in [3.63, 3.8) is 0 Å². The van der Waals surface area contributed by atoms with Crippen LogP contribution in [0.4, 0.5) is 5.00 Å². The van der Waals surface area contributed by atoms with E-state index in [1.54, 1.807) is 18.4 Å². The Hall–Kier alpha value is -1.85. The second-order valence-corrected chi connectivity index (χ2v) is 7.90. The molecule has 0 bridgehead atoms. The lowest BCUT2D eigenvalue weighted by Crippen LogP contribution is -2.27. The summed E-state index contributed by atoms with van der Waals surface area (Å²) in [6.07, 6.45) is 5.33. The Morgan fingerprint density at radius 3 is 2.85 bits per heavy atom. The molecule has 0 saturated heterocycles. The summed E-state index contributed by atoms with van der Waals surface area (Å²) in [5, 5.41) is 7.63. The molecular weight excluding hydrogens is 344 g/mol. The maximum absolute atomic E-state index is 12.9. The SMILES string of the molecule is COCCCNC(=O)c1c(NCc2ccccc2C)sc2c1CCCC2. The third-order valence-corrected chi connectivity index (χ3v) is 6.16. The van der Waals surface area contributed by atoms with Gasteiger partial charge in [-0.05, 0) is 55.7 Å². The first-order valence-electron chi connectivity index (χ1n) is 9.40. The second kappa shape index (κ2) is 9.19. The molecule has 1 aromatic heterocycles. The maximum atomic E-state index is 12.9. The first kappa shape index (κ1) is 18.9. The number of rotatable bonds is 8. The van der Waals surface area contributed by atoms with Gasteiger partial charge < -0.3 is 15.4 Å². The molecule has 1 aromatic carbocycles. The average Bonchev–Trinajstić information content (AvgIpc) is 3.03. The molecule has 5 heteroatoms. The number of amides is 1. The molecule has 0 aliphatic heterocycles. The average molecular weight is 373 g/mol. The van der Waals surface area contributed by atoms with Gasteiger partial charge in [-0.2, -0.15) is 0 Å². The molecule has 0 saturated carbocycles. The first-order valence-corrected chi connectivity index (χ1v) is 10.2. The quantitative estimate of drug-likeness (QED) is 0.679. The summed E-state index contributed by atoms with van der Waals surface area (Å²) in [5.74, 6) is 0.0489. The van der Waals surface area contributed by atoms with E-state index >= 15 is 0 Å². The molecule has 1 aliphatic carbocycles. The van der Waals surface area contributed by atoms with Gasteiger partial charge in [-0.3, -0.25) is 4.79 Å². The fraction of sp³-hybridized carbons (Fsp3) is 0.476. The zero-order valence-electron chi connectivity index (χ0n) is 15.7. The molecule has 2 N–H and O–H groups in total.